The van der Waals surface area contributed by atoms with E-state index in [0.717, 1.165) is 12.2 Å². The lowest BCUT2D eigenvalue weighted by Crippen LogP contribution is -2.11. The summed E-state index contributed by atoms with van der Waals surface area (Å²) in [4.78, 5) is 0. The fraction of sp³-hybridized carbons (Fsp3) is 0.500. The quantitative estimate of drug-likeness (QED) is 0.778. The zero-order chi connectivity index (χ0) is 10.4. The summed E-state index contributed by atoms with van der Waals surface area (Å²) in [6.45, 7) is 4.22. The Morgan fingerprint density at radius 3 is 2.86 bits per heavy atom. The van der Waals surface area contributed by atoms with Crippen LogP contribution in [0.25, 0.3) is 0 Å². The van der Waals surface area contributed by atoms with Crippen LogP contribution >= 0.6 is 0 Å². The smallest absolute Gasteiger partial charge is 0.123 e. The minimum Gasteiger partial charge on any atom is -0.508 e. The first-order valence-corrected chi connectivity index (χ1v) is 5.18. The van der Waals surface area contributed by atoms with E-state index in [1.807, 2.05) is 6.07 Å². The highest BCUT2D eigenvalue weighted by atomic mass is 16.5. The van der Waals surface area contributed by atoms with Gasteiger partial charge in [-0.05, 0) is 25.5 Å². The van der Waals surface area contributed by atoms with E-state index >= 15 is 0 Å². The zero-order valence-electron chi connectivity index (χ0n) is 8.86. The highest BCUT2D eigenvalue weighted by Crippen LogP contribution is 2.19. The van der Waals surface area contributed by atoms with Crippen molar-refractivity contribution in [3.8, 4) is 11.5 Å². The minimum absolute atomic E-state index is 0.219. The van der Waals surface area contributed by atoms with Crippen LogP contribution in [-0.2, 0) is 0 Å². The summed E-state index contributed by atoms with van der Waals surface area (Å²) in [5, 5.41) is 9.22. The molecule has 2 heteroatoms. The molecule has 0 amide bonds. The Labute approximate surface area is 85.5 Å². The molecule has 1 atom stereocenters. The van der Waals surface area contributed by atoms with Crippen molar-refractivity contribution in [2.24, 2.45) is 0 Å². The van der Waals surface area contributed by atoms with Crippen molar-refractivity contribution in [3.05, 3.63) is 24.3 Å². The van der Waals surface area contributed by atoms with Crippen LogP contribution in [0.15, 0.2) is 24.3 Å². The van der Waals surface area contributed by atoms with Crippen LogP contribution in [0.4, 0.5) is 0 Å². The Morgan fingerprint density at radius 1 is 1.43 bits per heavy atom. The third-order valence-corrected chi connectivity index (χ3v) is 2.12. The lowest BCUT2D eigenvalue weighted by atomic mass is 10.2. The number of ether oxygens (including phenoxy) is 1. The summed E-state index contributed by atoms with van der Waals surface area (Å²) in [6.07, 6.45) is 3.65. The molecule has 1 unspecified atom stereocenters. The highest BCUT2D eigenvalue weighted by molar-refractivity contribution is 5.31. The van der Waals surface area contributed by atoms with Crippen LogP contribution in [0.5, 0.6) is 11.5 Å². The average molecular weight is 194 g/mol. The van der Waals surface area contributed by atoms with Crippen molar-refractivity contribution in [2.75, 3.05) is 0 Å². The molecule has 0 spiro atoms. The SMILES string of the molecule is CCCCC(C)Oc1cccc(O)c1. The molecule has 0 aliphatic heterocycles. The van der Waals surface area contributed by atoms with Crippen molar-refractivity contribution < 1.29 is 9.84 Å². The predicted molar refractivity (Wildman–Crippen MR) is 57.7 cm³/mol. The maximum Gasteiger partial charge on any atom is 0.123 e. The molecule has 0 heterocycles. The molecule has 0 aliphatic carbocycles. The van der Waals surface area contributed by atoms with Gasteiger partial charge in [0.2, 0.25) is 0 Å². The standard InChI is InChI=1S/C12H18O2/c1-3-4-6-10(2)14-12-8-5-7-11(13)9-12/h5,7-10,13H,3-4,6H2,1-2H3. The predicted octanol–water partition coefficient (Wildman–Crippen LogP) is 3.35. The molecule has 1 N–H and O–H groups in total. The topological polar surface area (TPSA) is 29.5 Å². The van der Waals surface area contributed by atoms with E-state index in [1.165, 1.54) is 12.8 Å². The van der Waals surface area contributed by atoms with Gasteiger partial charge in [0.05, 0.1) is 6.10 Å². The Hall–Kier alpha value is -1.18. The lowest BCUT2D eigenvalue weighted by Gasteiger charge is -2.14. The van der Waals surface area contributed by atoms with E-state index in [4.69, 9.17) is 4.74 Å². The molecule has 0 bridgehead atoms. The molecule has 0 fully saturated rings. The summed E-state index contributed by atoms with van der Waals surface area (Å²) < 4.78 is 5.64. The molecule has 1 aromatic carbocycles. The summed E-state index contributed by atoms with van der Waals surface area (Å²) in [7, 11) is 0. The first-order chi connectivity index (χ1) is 6.72. The van der Waals surface area contributed by atoms with E-state index < -0.39 is 0 Å². The Bertz CT molecular complexity index is 271. The van der Waals surface area contributed by atoms with Crippen molar-refractivity contribution in [1.82, 2.24) is 0 Å². The van der Waals surface area contributed by atoms with Crippen molar-refractivity contribution >= 4 is 0 Å². The second-order valence-electron chi connectivity index (χ2n) is 3.57. The third-order valence-electron chi connectivity index (χ3n) is 2.12. The lowest BCUT2D eigenvalue weighted by molar-refractivity contribution is 0.207. The molecule has 0 aliphatic rings. The van der Waals surface area contributed by atoms with Crippen molar-refractivity contribution in [1.29, 1.82) is 0 Å². The monoisotopic (exact) mass is 194 g/mol. The van der Waals surface area contributed by atoms with Crippen molar-refractivity contribution in [2.45, 2.75) is 39.2 Å². The van der Waals surface area contributed by atoms with Crippen LogP contribution in [-0.4, -0.2) is 11.2 Å². The number of unbranched alkanes of at least 4 members (excludes halogenated alkanes) is 1. The molecule has 1 rings (SSSR count). The van der Waals surface area contributed by atoms with E-state index in [0.29, 0.717) is 0 Å². The van der Waals surface area contributed by atoms with E-state index in [2.05, 4.69) is 13.8 Å². The molecule has 2 nitrogen and oxygen atoms in total. The van der Waals surface area contributed by atoms with Gasteiger partial charge in [0.25, 0.3) is 0 Å². The number of benzene rings is 1. The number of phenolic OH excluding ortho intramolecular Hbond substituents is 1. The summed E-state index contributed by atoms with van der Waals surface area (Å²) in [6, 6.07) is 6.94. The van der Waals surface area contributed by atoms with Gasteiger partial charge >= 0.3 is 0 Å². The van der Waals surface area contributed by atoms with Gasteiger partial charge in [-0.15, -0.1) is 0 Å². The molecule has 78 valence electrons. The molecular weight excluding hydrogens is 176 g/mol. The van der Waals surface area contributed by atoms with E-state index in [9.17, 15) is 5.11 Å². The summed E-state index contributed by atoms with van der Waals surface area (Å²) >= 11 is 0. The van der Waals surface area contributed by atoms with Gasteiger partial charge in [-0.1, -0.05) is 25.8 Å². The average Bonchev–Trinajstić information content (AvgIpc) is 2.15. The summed E-state index contributed by atoms with van der Waals surface area (Å²) in [5.41, 5.74) is 0. The Balaban J connectivity index is 2.43. The van der Waals surface area contributed by atoms with E-state index in [1.54, 1.807) is 18.2 Å². The second kappa shape index (κ2) is 5.53. The largest absolute Gasteiger partial charge is 0.508 e. The molecule has 1 aromatic rings. The van der Waals surface area contributed by atoms with Gasteiger partial charge in [0.15, 0.2) is 0 Å². The molecule has 0 saturated carbocycles. The van der Waals surface area contributed by atoms with Crippen LogP contribution < -0.4 is 4.74 Å². The molecule has 0 aromatic heterocycles. The van der Waals surface area contributed by atoms with Crippen LogP contribution in [0, 0.1) is 0 Å². The first kappa shape index (κ1) is 10.9. The van der Waals surface area contributed by atoms with Gasteiger partial charge in [0.1, 0.15) is 11.5 Å². The first-order valence-electron chi connectivity index (χ1n) is 5.18. The number of hydrogen-bond donors (Lipinski definition) is 1. The molecule has 0 radical (unpaired) electrons. The second-order valence-corrected chi connectivity index (χ2v) is 3.57. The number of rotatable bonds is 5. The molecular formula is C12H18O2. The normalized spacial score (nSPS) is 12.4. The molecule has 14 heavy (non-hydrogen) atoms. The summed E-state index contributed by atoms with van der Waals surface area (Å²) in [5.74, 6) is 0.999. The minimum atomic E-state index is 0.219. The van der Waals surface area contributed by atoms with E-state index in [-0.39, 0.29) is 11.9 Å². The van der Waals surface area contributed by atoms with Gasteiger partial charge in [-0.3, -0.25) is 0 Å². The Morgan fingerprint density at radius 2 is 2.21 bits per heavy atom. The third kappa shape index (κ3) is 3.69. The fourth-order valence-electron chi connectivity index (χ4n) is 1.34. The van der Waals surface area contributed by atoms with Crippen LogP contribution in [0.2, 0.25) is 0 Å². The highest BCUT2D eigenvalue weighted by Gasteiger charge is 2.03. The number of hydrogen-bond acceptors (Lipinski definition) is 2. The van der Waals surface area contributed by atoms with Gasteiger partial charge in [0, 0.05) is 6.07 Å². The zero-order valence-corrected chi connectivity index (χ0v) is 8.86. The Kier molecular flexibility index (Phi) is 4.30. The van der Waals surface area contributed by atoms with Crippen molar-refractivity contribution in [3.63, 3.8) is 0 Å². The molecule has 0 saturated heterocycles. The number of phenols is 1. The maximum absolute atomic E-state index is 9.22. The van der Waals surface area contributed by atoms with Crippen LogP contribution in [0.1, 0.15) is 33.1 Å². The van der Waals surface area contributed by atoms with Crippen LogP contribution in [0.3, 0.4) is 0 Å². The van der Waals surface area contributed by atoms with Gasteiger partial charge in [-0.2, -0.15) is 0 Å². The maximum atomic E-state index is 9.22. The number of aromatic hydroxyl groups is 1. The van der Waals surface area contributed by atoms with Gasteiger partial charge in [-0.25, -0.2) is 0 Å². The van der Waals surface area contributed by atoms with Gasteiger partial charge < -0.3 is 9.84 Å². The fourth-order valence-corrected chi connectivity index (χ4v) is 1.34.